The lowest BCUT2D eigenvalue weighted by molar-refractivity contribution is -0.138. The molecule has 0 N–H and O–H groups in total. The Hall–Kier alpha value is -2.37. The summed E-state index contributed by atoms with van der Waals surface area (Å²) < 4.78 is 2.02. The molecule has 3 aliphatic heterocycles. The third kappa shape index (κ3) is 2.56. The number of aromatic nitrogens is 2. The molecule has 5 rings (SSSR count). The van der Waals surface area contributed by atoms with E-state index >= 15 is 0 Å². The van der Waals surface area contributed by atoms with Gasteiger partial charge in [-0.15, -0.1) is 0 Å². The summed E-state index contributed by atoms with van der Waals surface area (Å²) in [5.41, 5.74) is 2.00. The summed E-state index contributed by atoms with van der Waals surface area (Å²) in [5, 5.41) is 0. The molecule has 0 unspecified atom stereocenters. The molecule has 6 heteroatoms. The number of hydrogen-bond acceptors (Lipinski definition) is 3. The van der Waals surface area contributed by atoms with Crippen LogP contribution in [0.25, 0.3) is 11.0 Å². The van der Waals surface area contributed by atoms with Crippen molar-refractivity contribution in [3.63, 3.8) is 0 Å². The highest BCUT2D eigenvalue weighted by Crippen LogP contribution is 2.28. The van der Waals surface area contributed by atoms with E-state index in [-0.39, 0.29) is 23.8 Å². The van der Waals surface area contributed by atoms with Crippen LogP contribution in [0.3, 0.4) is 0 Å². The molecule has 3 fully saturated rings. The van der Waals surface area contributed by atoms with Gasteiger partial charge in [0.25, 0.3) is 0 Å². The Balaban J connectivity index is 1.44. The second kappa shape index (κ2) is 5.92. The highest BCUT2D eigenvalue weighted by atomic mass is 16.2. The van der Waals surface area contributed by atoms with Crippen molar-refractivity contribution in [2.24, 2.45) is 5.92 Å². The number of carbonyl (C=O) groups excluding carboxylic acids is 2. The van der Waals surface area contributed by atoms with Gasteiger partial charge in [-0.05, 0) is 25.0 Å². The van der Waals surface area contributed by atoms with Crippen molar-refractivity contribution >= 4 is 22.8 Å². The lowest BCUT2D eigenvalue weighted by Crippen LogP contribution is -2.45. The van der Waals surface area contributed by atoms with Gasteiger partial charge in [-0.1, -0.05) is 12.1 Å². The summed E-state index contributed by atoms with van der Waals surface area (Å²) in [5.74, 6) is 0.307. The van der Waals surface area contributed by atoms with Crippen molar-refractivity contribution < 1.29 is 9.59 Å². The Morgan fingerprint density at radius 3 is 2.96 bits per heavy atom. The second-order valence-corrected chi connectivity index (χ2v) is 6.85. The molecular formula is C18H22N4O2. The lowest BCUT2D eigenvalue weighted by atomic mass is 9.95. The molecular weight excluding hydrogens is 304 g/mol. The van der Waals surface area contributed by atoms with E-state index in [1.54, 1.807) is 6.33 Å². The first-order chi connectivity index (χ1) is 11.6. The fraction of sp³-hybridized carbons (Fsp3) is 0.500. The Morgan fingerprint density at radius 1 is 1.25 bits per heavy atom. The van der Waals surface area contributed by atoms with Crippen LogP contribution in [-0.4, -0.2) is 57.3 Å². The third-order valence-electron chi connectivity index (χ3n) is 5.41. The van der Waals surface area contributed by atoms with Gasteiger partial charge in [0.2, 0.25) is 11.8 Å². The minimum Gasteiger partial charge on any atom is -0.341 e. The molecule has 1 aromatic heterocycles. The zero-order valence-corrected chi connectivity index (χ0v) is 13.9. The molecule has 2 aromatic rings. The van der Waals surface area contributed by atoms with Crippen molar-refractivity contribution in [1.29, 1.82) is 0 Å². The number of amides is 2. The van der Waals surface area contributed by atoms with Gasteiger partial charge in [0, 0.05) is 39.1 Å². The summed E-state index contributed by atoms with van der Waals surface area (Å²) in [6.45, 7) is 1.86. The summed E-state index contributed by atoms with van der Waals surface area (Å²) in [7, 11) is 1.87. The third-order valence-corrected chi connectivity index (χ3v) is 5.41. The molecule has 2 atom stereocenters. The minimum atomic E-state index is -0.0215. The average molecular weight is 326 g/mol. The van der Waals surface area contributed by atoms with Crippen LogP contribution < -0.4 is 0 Å². The molecule has 126 valence electrons. The van der Waals surface area contributed by atoms with Gasteiger partial charge in [0.1, 0.15) is 0 Å². The van der Waals surface area contributed by atoms with Crippen molar-refractivity contribution in [3.05, 3.63) is 30.6 Å². The molecule has 0 radical (unpaired) electrons. The van der Waals surface area contributed by atoms with Gasteiger partial charge in [0.15, 0.2) is 0 Å². The van der Waals surface area contributed by atoms with E-state index in [1.165, 1.54) is 0 Å². The number of benzene rings is 1. The predicted molar refractivity (Wildman–Crippen MR) is 90.2 cm³/mol. The van der Waals surface area contributed by atoms with Crippen LogP contribution >= 0.6 is 0 Å². The second-order valence-electron chi connectivity index (χ2n) is 6.85. The molecule has 1 aromatic carbocycles. The molecule has 4 heterocycles. The smallest absolute Gasteiger partial charge is 0.227 e. The Bertz CT molecular complexity index is 784. The van der Waals surface area contributed by atoms with Crippen LogP contribution in [-0.2, 0) is 16.1 Å². The first-order valence-corrected chi connectivity index (χ1v) is 8.58. The molecule has 0 aliphatic carbocycles. The topological polar surface area (TPSA) is 58.4 Å². The number of nitrogens with zero attached hydrogens (tertiary/aromatic N) is 4. The molecule has 2 bridgehead atoms. The molecule has 0 saturated carbocycles. The highest BCUT2D eigenvalue weighted by molar-refractivity contribution is 5.83. The number of carbonyl (C=O) groups is 2. The molecule has 24 heavy (non-hydrogen) atoms. The van der Waals surface area contributed by atoms with Crippen LogP contribution in [0.1, 0.15) is 19.3 Å². The van der Waals surface area contributed by atoms with E-state index in [2.05, 4.69) is 4.98 Å². The van der Waals surface area contributed by atoms with Gasteiger partial charge in [-0.3, -0.25) is 9.59 Å². The maximum Gasteiger partial charge on any atom is 0.227 e. The van der Waals surface area contributed by atoms with Crippen molar-refractivity contribution in [3.8, 4) is 0 Å². The number of aryl methyl sites for hydroxylation is 1. The Kier molecular flexibility index (Phi) is 3.75. The zero-order chi connectivity index (χ0) is 16.7. The summed E-state index contributed by atoms with van der Waals surface area (Å²) >= 11 is 0. The van der Waals surface area contributed by atoms with Crippen LogP contribution in [0.2, 0.25) is 0 Å². The molecule has 6 nitrogen and oxygen atoms in total. The van der Waals surface area contributed by atoms with E-state index in [9.17, 15) is 9.59 Å². The molecule has 0 spiro atoms. The van der Waals surface area contributed by atoms with Gasteiger partial charge in [-0.2, -0.15) is 0 Å². The number of fused-ring (bicyclic) bond motifs is 5. The van der Waals surface area contributed by atoms with Crippen LogP contribution in [0.4, 0.5) is 0 Å². The monoisotopic (exact) mass is 326 g/mol. The lowest BCUT2D eigenvalue weighted by Gasteiger charge is -2.32. The van der Waals surface area contributed by atoms with Crippen LogP contribution in [0.15, 0.2) is 30.6 Å². The summed E-state index contributed by atoms with van der Waals surface area (Å²) in [6, 6.07) is 8.12. The van der Waals surface area contributed by atoms with Gasteiger partial charge >= 0.3 is 0 Å². The Morgan fingerprint density at radius 2 is 2.08 bits per heavy atom. The normalized spacial score (nSPS) is 23.8. The SMILES string of the molecule is CN1C(=O)[C@@H]2CC[C@H]1CN(C(=O)CCn1cnc3ccccc31)C2. The standard InChI is InChI=1S/C18H22N4O2/c1-20-14-7-6-13(18(20)24)10-22(11-14)17(23)8-9-21-12-19-15-4-2-3-5-16(15)21/h2-5,12-14H,6-11H2,1H3/t13-,14+/m1/s1. The van der Waals surface area contributed by atoms with E-state index in [4.69, 9.17) is 0 Å². The van der Waals surface area contributed by atoms with Gasteiger partial charge < -0.3 is 14.4 Å². The maximum absolute atomic E-state index is 12.7. The van der Waals surface area contributed by atoms with E-state index < -0.39 is 0 Å². The number of likely N-dealkylation sites (N-methyl/N-ethyl adjacent to an activating group) is 1. The van der Waals surface area contributed by atoms with Crippen LogP contribution in [0.5, 0.6) is 0 Å². The van der Waals surface area contributed by atoms with Crippen molar-refractivity contribution in [2.75, 3.05) is 20.1 Å². The first-order valence-electron chi connectivity index (χ1n) is 8.58. The van der Waals surface area contributed by atoms with E-state index in [0.717, 1.165) is 23.9 Å². The summed E-state index contributed by atoms with van der Waals surface area (Å²) in [6.07, 6.45) is 4.14. The van der Waals surface area contributed by atoms with Crippen molar-refractivity contribution in [2.45, 2.75) is 31.8 Å². The quantitative estimate of drug-likeness (QED) is 0.859. The van der Waals surface area contributed by atoms with Gasteiger partial charge in [-0.25, -0.2) is 4.98 Å². The minimum absolute atomic E-state index is 0.0215. The fourth-order valence-corrected chi connectivity index (χ4v) is 3.92. The number of rotatable bonds is 3. The maximum atomic E-state index is 12.7. The molecule has 3 aliphatic rings. The van der Waals surface area contributed by atoms with Crippen LogP contribution in [0, 0.1) is 5.92 Å². The van der Waals surface area contributed by atoms with E-state index in [1.807, 2.05) is 45.7 Å². The number of imidazole rings is 1. The molecule has 2 amide bonds. The largest absolute Gasteiger partial charge is 0.341 e. The zero-order valence-electron chi connectivity index (χ0n) is 13.9. The van der Waals surface area contributed by atoms with Gasteiger partial charge in [0.05, 0.1) is 23.3 Å². The summed E-state index contributed by atoms with van der Waals surface area (Å²) in [4.78, 5) is 33.0. The molecule has 3 saturated heterocycles. The number of piperidine rings is 1. The first kappa shape index (κ1) is 15.2. The number of hydrogen-bond donors (Lipinski definition) is 0. The Labute approximate surface area is 141 Å². The highest BCUT2D eigenvalue weighted by Gasteiger charge is 2.39. The predicted octanol–water partition coefficient (Wildman–Crippen LogP) is 1.51. The number of para-hydroxylation sites is 2. The van der Waals surface area contributed by atoms with E-state index in [0.29, 0.717) is 26.1 Å². The average Bonchev–Trinajstić information content (AvgIpc) is 2.81. The van der Waals surface area contributed by atoms with Crippen molar-refractivity contribution in [1.82, 2.24) is 19.4 Å². The fourth-order valence-electron chi connectivity index (χ4n) is 3.92.